The lowest BCUT2D eigenvalue weighted by molar-refractivity contribution is -0.122. The number of hydrogen-bond donors (Lipinski definition) is 2. The first-order valence-electron chi connectivity index (χ1n) is 6.47. The van der Waals surface area contributed by atoms with Crippen LogP contribution in [0.25, 0.3) is 0 Å². The van der Waals surface area contributed by atoms with E-state index < -0.39 is 0 Å². The van der Waals surface area contributed by atoms with Gasteiger partial charge in [0.1, 0.15) is 0 Å². The van der Waals surface area contributed by atoms with E-state index in [4.69, 9.17) is 17.3 Å². The third-order valence-electron chi connectivity index (χ3n) is 3.05. The summed E-state index contributed by atoms with van der Waals surface area (Å²) in [4.78, 5) is 13.3. The van der Waals surface area contributed by atoms with Crippen molar-refractivity contribution in [2.24, 2.45) is 5.73 Å². The Bertz CT molecular complexity index is 556. The van der Waals surface area contributed by atoms with Crippen LogP contribution in [0.5, 0.6) is 0 Å². The van der Waals surface area contributed by atoms with Crippen molar-refractivity contribution in [1.29, 1.82) is 0 Å². The van der Waals surface area contributed by atoms with Crippen molar-refractivity contribution >= 4 is 28.8 Å². The van der Waals surface area contributed by atoms with Crippen molar-refractivity contribution in [2.75, 3.05) is 13.1 Å². The number of benzene rings is 1. The predicted octanol–water partition coefficient (Wildman–Crippen LogP) is 2.80. The number of carbonyl (C=O) groups excluding carboxylic acids is 1. The molecule has 0 saturated carbocycles. The second-order valence-electron chi connectivity index (χ2n) is 4.45. The van der Waals surface area contributed by atoms with Gasteiger partial charge in [0.05, 0.1) is 10.3 Å². The molecule has 0 radical (unpaired) electrons. The smallest absolute Gasteiger partial charge is 0.228 e. The summed E-state index contributed by atoms with van der Waals surface area (Å²) in [5.74, 6) is -0.315. The molecule has 0 bridgehead atoms. The van der Waals surface area contributed by atoms with Gasteiger partial charge < -0.3 is 11.1 Å². The van der Waals surface area contributed by atoms with Crippen LogP contribution in [0.2, 0.25) is 4.34 Å². The van der Waals surface area contributed by atoms with Crippen LogP contribution in [-0.4, -0.2) is 19.0 Å². The molecular weight excluding hydrogens is 292 g/mol. The summed E-state index contributed by atoms with van der Waals surface area (Å²) in [7, 11) is 0. The zero-order valence-corrected chi connectivity index (χ0v) is 12.6. The second-order valence-corrected chi connectivity index (χ2v) is 6.25. The summed E-state index contributed by atoms with van der Waals surface area (Å²) < 4.78 is 0.774. The summed E-state index contributed by atoms with van der Waals surface area (Å²) in [5, 5.41) is 2.93. The molecule has 3 nitrogen and oxygen atoms in total. The molecule has 3 N–H and O–H groups in total. The Hall–Kier alpha value is -1.36. The first kappa shape index (κ1) is 15.0. The molecule has 1 atom stereocenters. The lowest BCUT2D eigenvalue weighted by atomic mass is 9.98. The van der Waals surface area contributed by atoms with Gasteiger partial charge in [-0.25, -0.2) is 0 Å². The molecule has 2 aromatic rings. The van der Waals surface area contributed by atoms with Gasteiger partial charge >= 0.3 is 0 Å². The monoisotopic (exact) mass is 308 g/mol. The molecular formula is C15H17ClN2OS. The van der Waals surface area contributed by atoms with Crippen LogP contribution in [0, 0.1) is 0 Å². The minimum atomic E-state index is -0.289. The summed E-state index contributed by atoms with van der Waals surface area (Å²) in [6.45, 7) is 0.902. The maximum Gasteiger partial charge on any atom is 0.228 e. The molecule has 5 heteroatoms. The molecule has 0 aliphatic carbocycles. The third kappa shape index (κ3) is 4.07. The van der Waals surface area contributed by atoms with Crippen molar-refractivity contribution in [3.8, 4) is 0 Å². The molecule has 20 heavy (non-hydrogen) atoms. The van der Waals surface area contributed by atoms with E-state index in [-0.39, 0.29) is 11.8 Å². The highest BCUT2D eigenvalue weighted by Crippen LogP contribution is 2.21. The Morgan fingerprint density at radius 2 is 2.00 bits per heavy atom. The standard InChI is InChI=1S/C15H17ClN2OS/c16-14-7-6-12(20-14)8-9-18-15(19)13(10-17)11-4-2-1-3-5-11/h1-7,13H,8-10,17H2,(H,18,19). The summed E-state index contributed by atoms with van der Waals surface area (Å²) in [6, 6.07) is 13.5. The minimum absolute atomic E-state index is 0.0265. The molecule has 0 saturated heterocycles. The number of rotatable bonds is 6. The van der Waals surface area contributed by atoms with Gasteiger partial charge in [-0.15, -0.1) is 11.3 Å². The molecule has 1 aromatic carbocycles. The topological polar surface area (TPSA) is 55.1 Å². The molecule has 1 amide bonds. The van der Waals surface area contributed by atoms with Gasteiger partial charge in [0, 0.05) is 18.0 Å². The van der Waals surface area contributed by atoms with E-state index in [1.807, 2.05) is 42.5 Å². The van der Waals surface area contributed by atoms with Crippen LogP contribution < -0.4 is 11.1 Å². The van der Waals surface area contributed by atoms with E-state index in [0.717, 1.165) is 16.3 Å². The second kappa shape index (κ2) is 7.43. The number of nitrogens with one attached hydrogen (secondary N) is 1. The van der Waals surface area contributed by atoms with E-state index >= 15 is 0 Å². The van der Waals surface area contributed by atoms with Crippen LogP contribution in [0.4, 0.5) is 0 Å². The van der Waals surface area contributed by atoms with Crippen molar-refractivity contribution in [3.63, 3.8) is 0 Å². The zero-order valence-electron chi connectivity index (χ0n) is 11.0. The normalized spacial score (nSPS) is 12.1. The Labute approximate surface area is 127 Å². The maximum absolute atomic E-state index is 12.2. The van der Waals surface area contributed by atoms with Gasteiger partial charge in [-0.05, 0) is 24.1 Å². The van der Waals surface area contributed by atoms with Gasteiger partial charge in [0.25, 0.3) is 0 Å². The van der Waals surface area contributed by atoms with Crippen molar-refractivity contribution in [1.82, 2.24) is 5.32 Å². The van der Waals surface area contributed by atoms with Crippen molar-refractivity contribution in [2.45, 2.75) is 12.3 Å². The van der Waals surface area contributed by atoms with E-state index in [9.17, 15) is 4.79 Å². The number of thiophene rings is 1. The predicted molar refractivity (Wildman–Crippen MR) is 84.3 cm³/mol. The first-order chi connectivity index (χ1) is 9.70. The zero-order chi connectivity index (χ0) is 14.4. The molecule has 2 rings (SSSR count). The van der Waals surface area contributed by atoms with Crippen LogP contribution in [0.1, 0.15) is 16.4 Å². The fourth-order valence-corrected chi connectivity index (χ4v) is 3.09. The first-order valence-corrected chi connectivity index (χ1v) is 7.67. The number of halogens is 1. The molecule has 1 unspecified atom stereocenters. The largest absolute Gasteiger partial charge is 0.355 e. The highest BCUT2D eigenvalue weighted by Gasteiger charge is 2.18. The van der Waals surface area contributed by atoms with E-state index in [1.54, 1.807) is 0 Å². The summed E-state index contributed by atoms with van der Waals surface area (Å²) in [5.41, 5.74) is 6.67. The fourth-order valence-electron chi connectivity index (χ4n) is 2.00. The maximum atomic E-state index is 12.2. The summed E-state index contributed by atoms with van der Waals surface area (Å²) in [6.07, 6.45) is 0.787. The SMILES string of the molecule is NCC(C(=O)NCCc1ccc(Cl)s1)c1ccccc1. The molecule has 106 valence electrons. The van der Waals surface area contributed by atoms with Gasteiger partial charge in [-0.2, -0.15) is 0 Å². The van der Waals surface area contributed by atoms with Crippen molar-refractivity contribution in [3.05, 3.63) is 57.2 Å². The van der Waals surface area contributed by atoms with E-state index in [0.29, 0.717) is 13.1 Å². The Kier molecular flexibility index (Phi) is 5.59. The fraction of sp³-hybridized carbons (Fsp3) is 0.267. The van der Waals surface area contributed by atoms with Crippen LogP contribution in [0.3, 0.4) is 0 Å². The Morgan fingerprint density at radius 1 is 1.25 bits per heavy atom. The van der Waals surface area contributed by atoms with Crippen LogP contribution in [-0.2, 0) is 11.2 Å². The van der Waals surface area contributed by atoms with Gasteiger partial charge in [-0.1, -0.05) is 41.9 Å². The van der Waals surface area contributed by atoms with E-state index in [2.05, 4.69) is 5.32 Å². The van der Waals surface area contributed by atoms with Gasteiger partial charge in [-0.3, -0.25) is 4.79 Å². The van der Waals surface area contributed by atoms with Gasteiger partial charge in [0.15, 0.2) is 0 Å². The summed E-state index contributed by atoms with van der Waals surface area (Å²) >= 11 is 7.41. The molecule has 0 aliphatic rings. The number of hydrogen-bond acceptors (Lipinski definition) is 3. The quantitative estimate of drug-likeness (QED) is 0.862. The molecule has 0 aliphatic heterocycles. The molecule has 1 aromatic heterocycles. The van der Waals surface area contributed by atoms with Crippen molar-refractivity contribution < 1.29 is 4.79 Å². The number of nitrogens with two attached hydrogens (primary N) is 1. The lowest BCUT2D eigenvalue weighted by Gasteiger charge is -2.15. The number of carbonyl (C=O) groups is 1. The van der Waals surface area contributed by atoms with Gasteiger partial charge in [0.2, 0.25) is 5.91 Å². The lowest BCUT2D eigenvalue weighted by Crippen LogP contribution is -2.34. The highest BCUT2D eigenvalue weighted by molar-refractivity contribution is 7.16. The van der Waals surface area contributed by atoms with Crippen LogP contribution >= 0.6 is 22.9 Å². The minimum Gasteiger partial charge on any atom is -0.355 e. The average Bonchev–Trinajstić information content (AvgIpc) is 2.86. The Morgan fingerprint density at radius 3 is 2.60 bits per heavy atom. The third-order valence-corrected chi connectivity index (χ3v) is 4.34. The molecule has 1 heterocycles. The average molecular weight is 309 g/mol. The molecule has 0 fully saturated rings. The number of amides is 1. The molecule has 0 spiro atoms. The Balaban J connectivity index is 1.87. The highest BCUT2D eigenvalue weighted by atomic mass is 35.5. The van der Waals surface area contributed by atoms with E-state index in [1.165, 1.54) is 16.2 Å². The van der Waals surface area contributed by atoms with Crippen LogP contribution in [0.15, 0.2) is 42.5 Å².